The summed E-state index contributed by atoms with van der Waals surface area (Å²) in [6, 6.07) is 0. The largest absolute Gasteiger partial charge is 0.296 e. The lowest BCUT2D eigenvalue weighted by atomic mass is 10.1. The Hall–Kier alpha value is -0.920. The topological polar surface area (TPSA) is 16.8 Å². The molecule has 0 atom stereocenters. The SMILES string of the molecule is Cc1nc(C)[n+](C(C)(C)C)c(C)c1C. The number of hydrogen-bond donors (Lipinski definition) is 0. The molecular weight excluding hydrogens is 172 g/mol. The molecule has 78 valence electrons. The first-order chi connectivity index (χ1) is 6.25. The molecule has 2 heteroatoms. The highest BCUT2D eigenvalue weighted by atomic mass is 15.1. The predicted molar refractivity (Wildman–Crippen MR) is 58.4 cm³/mol. The lowest BCUT2D eigenvalue weighted by Crippen LogP contribution is -2.55. The molecule has 1 aromatic rings. The summed E-state index contributed by atoms with van der Waals surface area (Å²) in [6.45, 7) is 15.1. The molecule has 0 saturated heterocycles. The van der Waals surface area contributed by atoms with Crippen LogP contribution in [0.15, 0.2) is 0 Å². The van der Waals surface area contributed by atoms with Crippen LogP contribution in [-0.4, -0.2) is 4.98 Å². The van der Waals surface area contributed by atoms with Gasteiger partial charge in [-0.25, -0.2) is 4.57 Å². The van der Waals surface area contributed by atoms with Gasteiger partial charge in [0.25, 0.3) is 5.82 Å². The Balaban J connectivity index is 3.53. The van der Waals surface area contributed by atoms with Crippen molar-refractivity contribution >= 4 is 0 Å². The Bertz CT molecular complexity index is 360. The van der Waals surface area contributed by atoms with Gasteiger partial charge in [0.1, 0.15) is 11.2 Å². The van der Waals surface area contributed by atoms with E-state index in [-0.39, 0.29) is 5.54 Å². The van der Waals surface area contributed by atoms with Crippen molar-refractivity contribution in [3.05, 3.63) is 22.8 Å². The summed E-state index contributed by atoms with van der Waals surface area (Å²) in [5.74, 6) is 1.10. The van der Waals surface area contributed by atoms with Crippen LogP contribution in [0.4, 0.5) is 0 Å². The van der Waals surface area contributed by atoms with Gasteiger partial charge in [-0.2, -0.15) is 0 Å². The summed E-state index contributed by atoms with van der Waals surface area (Å²) >= 11 is 0. The Morgan fingerprint density at radius 3 is 1.93 bits per heavy atom. The van der Waals surface area contributed by atoms with Crippen LogP contribution < -0.4 is 4.57 Å². The van der Waals surface area contributed by atoms with Crippen LogP contribution in [0.1, 0.15) is 43.5 Å². The molecule has 0 fully saturated rings. The van der Waals surface area contributed by atoms with Gasteiger partial charge in [0.2, 0.25) is 0 Å². The standard InChI is InChI=1S/C12H21N2/c1-8-9(2)13-11(4)14(10(8)3)12(5,6)7/h1-7H3/q+1. The van der Waals surface area contributed by atoms with Gasteiger partial charge < -0.3 is 0 Å². The molecule has 1 aromatic heterocycles. The molecule has 1 heterocycles. The maximum Gasteiger partial charge on any atom is 0.296 e. The molecule has 0 aromatic carbocycles. The molecule has 0 aliphatic rings. The molecular formula is C12H21N2+. The van der Waals surface area contributed by atoms with E-state index in [2.05, 4.69) is 58.0 Å². The second kappa shape index (κ2) is 3.34. The van der Waals surface area contributed by atoms with Gasteiger partial charge in [0.15, 0.2) is 5.69 Å². The van der Waals surface area contributed by atoms with E-state index >= 15 is 0 Å². The van der Waals surface area contributed by atoms with E-state index < -0.39 is 0 Å². The average molecular weight is 193 g/mol. The molecule has 14 heavy (non-hydrogen) atoms. The van der Waals surface area contributed by atoms with Gasteiger partial charge in [0, 0.05) is 19.4 Å². The minimum Gasteiger partial charge on any atom is -0.227 e. The van der Waals surface area contributed by atoms with Crippen LogP contribution in [0.25, 0.3) is 0 Å². The minimum absolute atomic E-state index is 0.111. The zero-order chi connectivity index (χ0) is 11.1. The number of rotatable bonds is 0. The molecule has 0 saturated carbocycles. The molecule has 0 radical (unpaired) electrons. The van der Waals surface area contributed by atoms with Gasteiger partial charge in [0.05, 0.1) is 0 Å². The fourth-order valence-electron chi connectivity index (χ4n) is 2.04. The first-order valence-corrected chi connectivity index (χ1v) is 5.12. The summed E-state index contributed by atoms with van der Waals surface area (Å²) in [4.78, 5) is 4.56. The molecule has 2 nitrogen and oxygen atoms in total. The normalized spacial score (nSPS) is 11.9. The van der Waals surface area contributed by atoms with Crippen molar-refractivity contribution in [2.45, 2.75) is 54.0 Å². The highest BCUT2D eigenvalue weighted by Gasteiger charge is 2.26. The smallest absolute Gasteiger partial charge is 0.227 e. The third kappa shape index (κ3) is 1.79. The molecule has 0 amide bonds. The number of hydrogen-bond acceptors (Lipinski definition) is 1. The summed E-state index contributed by atoms with van der Waals surface area (Å²) < 4.78 is 2.30. The van der Waals surface area contributed by atoms with Crippen LogP contribution in [0.5, 0.6) is 0 Å². The Labute approximate surface area is 87.0 Å². The van der Waals surface area contributed by atoms with E-state index in [0.717, 1.165) is 11.5 Å². The van der Waals surface area contributed by atoms with Crippen LogP contribution in [0.3, 0.4) is 0 Å². The molecule has 1 rings (SSSR count). The molecule has 0 unspecified atom stereocenters. The second-order valence-corrected chi connectivity index (χ2v) is 4.96. The molecule has 0 bridgehead atoms. The Morgan fingerprint density at radius 2 is 1.50 bits per heavy atom. The van der Waals surface area contributed by atoms with Crippen LogP contribution in [0.2, 0.25) is 0 Å². The fraction of sp³-hybridized carbons (Fsp3) is 0.667. The third-order valence-corrected chi connectivity index (χ3v) is 2.74. The lowest BCUT2D eigenvalue weighted by Gasteiger charge is -2.21. The van der Waals surface area contributed by atoms with Crippen molar-refractivity contribution in [2.75, 3.05) is 0 Å². The zero-order valence-electron chi connectivity index (χ0n) is 10.4. The highest BCUT2D eigenvalue weighted by molar-refractivity contribution is 5.18. The molecule has 0 aliphatic heterocycles. The van der Waals surface area contributed by atoms with Crippen molar-refractivity contribution in [3.8, 4) is 0 Å². The minimum atomic E-state index is 0.111. The van der Waals surface area contributed by atoms with Crippen LogP contribution >= 0.6 is 0 Å². The van der Waals surface area contributed by atoms with E-state index in [0.29, 0.717) is 0 Å². The highest BCUT2D eigenvalue weighted by Crippen LogP contribution is 2.12. The molecule has 0 spiro atoms. The maximum atomic E-state index is 4.56. The van der Waals surface area contributed by atoms with E-state index in [4.69, 9.17) is 0 Å². The van der Waals surface area contributed by atoms with E-state index in [1.807, 2.05) is 0 Å². The van der Waals surface area contributed by atoms with Gasteiger partial charge in [-0.3, -0.25) is 0 Å². The first-order valence-electron chi connectivity index (χ1n) is 5.12. The molecule has 0 aliphatic carbocycles. The number of aromatic nitrogens is 2. The van der Waals surface area contributed by atoms with Gasteiger partial charge >= 0.3 is 0 Å². The fourth-order valence-corrected chi connectivity index (χ4v) is 2.04. The summed E-state index contributed by atoms with van der Waals surface area (Å²) in [5.41, 5.74) is 3.87. The number of nitrogens with zero attached hydrogens (tertiary/aromatic N) is 2. The van der Waals surface area contributed by atoms with Gasteiger partial charge in [-0.05, 0) is 34.6 Å². The second-order valence-electron chi connectivity index (χ2n) is 4.96. The Morgan fingerprint density at radius 1 is 1.00 bits per heavy atom. The molecule has 0 N–H and O–H groups in total. The lowest BCUT2D eigenvalue weighted by molar-refractivity contribution is -0.767. The van der Waals surface area contributed by atoms with Crippen molar-refractivity contribution in [3.63, 3.8) is 0 Å². The predicted octanol–water partition coefficient (Wildman–Crippen LogP) is 2.36. The maximum absolute atomic E-state index is 4.56. The van der Waals surface area contributed by atoms with Crippen LogP contribution in [0, 0.1) is 27.7 Å². The van der Waals surface area contributed by atoms with E-state index in [1.165, 1.54) is 11.3 Å². The van der Waals surface area contributed by atoms with Crippen molar-refractivity contribution in [2.24, 2.45) is 0 Å². The Kier molecular flexibility index (Phi) is 2.66. The van der Waals surface area contributed by atoms with Gasteiger partial charge in [-0.1, -0.05) is 4.98 Å². The monoisotopic (exact) mass is 193 g/mol. The summed E-state index contributed by atoms with van der Waals surface area (Å²) in [6.07, 6.45) is 0. The third-order valence-electron chi connectivity index (χ3n) is 2.74. The van der Waals surface area contributed by atoms with Gasteiger partial charge in [-0.15, -0.1) is 0 Å². The van der Waals surface area contributed by atoms with E-state index in [9.17, 15) is 0 Å². The van der Waals surface area contributed by atoms with Crippen molar-refractivity contribution in [1.29, 1.82) is 0 Å². The quantitative estimate of drug-likeness (QED) is 0.578. The summed E-state index contributed by atoms with van der Waals surface area (Å²) in [5, 5.41) is 0. The number of aryl methyl sites for hydroxylation is 2. The van der Waals surface area contributed by atoms with E-state index in [1.54, 1.807) is 0 Å². The van der Waals surface area contributed by atoms with Crippen molar-refractivity contribution < 1.29 is 4.57 Å². The van der Waals surface area contributed by atoms with Crippen LogP contribution in [-0.2, 0) is 5.54 Å². The first kappa shape index (κ1) is 11.2. The zero-order valence-corrected chi connectivity index (χ0v) is 10.4. The summed E-state index contributed by atoms with van der Waals surface area (Å²) in [7, 11) is 0. The average Bonchev–Trinajstić information content (AvgIpc) is 1.97. The van der Waals surface area contributed by atoms with Crippen molar-refractivity contribution in [1.82, 2.24) is 4.98 Å².